The summed E-state index contributed by atoms with van der Waals surface area (Å²) in [5, 5.41) is 10.8. The Bertz CT molecular complexity index is 1110. The Morgan fingerprint density at radius 2 is 1.83 bits per heavy atom. The Morgan fingerprint density at radius 1 is 1.14 bits per heavy atom. The first-order valence-electron chi connectivity index (χ1n) is 13.0. The van der Waals surface area contributed by atoms with Gasteiger partial charge >= 0.3 is 6.09 Å². The molecular formula is C30H38N2O4. The van der Waals surface area contributed by atoms with E-state index in [1.54, 1.807) is 19.1 Å². The van der Waals surface area contributed by atoms with Crippen LogP contribution in [0, 0.1) is 29.1 Å². The number of methoxy groups -OCH3 is 2. The Balaban J connectivity index is 1.76. The van der Waals surface area contributed by atoms with Gasteiger partial charge < -0.3 is 14.2 Å². The molecule has 2 aromatic carbocycles. The number of hydrogen-bond acceptors (Lipinski definition) is 5. The summed E-state index contributed by atoms with van der Waals surface area (Å²) in [7, 11) is 3.19. The smallest absolute Gasteiger partial charge is 0.411 e. The molecule has 36 heavy (non-hydrogen) atoms. The normalized spacial score (nSPS) is 25.6. The van der Waals surface area contributed by atoms with Gasteiger partial charge in [0.05, 0.1) is 20.3 Å². The van der Waals surface area contributed by atoms with Crippen LogP contribution >= 0.6 is 0 Å². The molecule has 0 bridgehead atoms. The maximum absolute atomic E-state index is 13.9. The molecule has 1 aliphatic carbocycles. The molecule has 0 spiro atoms. The van der Waals surface area contributed by atoms with Gasteiger partial charge in [-0.2, -0.15) is 5.26 Å². The zero-order chi connectivity index (χ0) is 25.9. The van der Waals surface area contributed by atoms with Gasteiger partial charge in [0.2, 0.25) is 0 Å². The van der Waals surface area contributed by atoms with E-state index < -0.39 is 11.6 Å². The van der Waals surface area contributed by atoms with Crippen molar-refractivity contribution in [1.29, 1.82) is 5.26 Å². The average Bonchev–Trinajstić information content (AvgIpc) is 2.88. The standard InChI is InChI=1S/C30H38N2O4/c1-20(2)24-12-11-21(3)15-26(24)36-29(33)32-14-13-23-16-27(34-4)28(35-5)17-25(23)30(32,19-31)18-22-9-7-6-8-10-22/h6-10,16-17,20-21,24,26H,11-15,18H2,1-5H3/t21-,24+,26-,30?/m0/s1. The maximum atomic E-state index is 13.9. The SMILES string of the molecule is COc1cc2c(cc1OC)C(C#N)(Cc1ccccc1)N(C(=O)O[C@H]1C[C@@H](C)CC[C@@H]1C(C)C)CC2. The third kappa shape index (κ3) is 4.89. The van der Waals surface area contributed by atoms with Crippen LogP contribution in [0.5, 0.6) is 11.5 Å². The molecule has 0 saturated heterocycles. The number of rotatable bonds is 6. The van der Waals surface area contributed by atoms with E-state index in [-0.39, 0.29) is 6.10 Å². The molecule has 192 valence electrons. The second-order valence-electron chi connectivity index (χ2n) is 10.6. The Hall–Kier alpha value is -3.20. The number of carbonyl (C=O) groups is 1. The van der Waals surface area contributed by atoms with Crippen LogP contribution in [0.2, 0.25) is 0 Å². The van der Waals surface area contributed by atoms with E-state index in [9.17, 15) is 10.1 Å². The monoisotopic (exact) mass is 490 g/mol. The van der Waals surface area contributed by atoms with Crippen LogP contribution in [-0.4, -0.2) is 37.9 Å². The summed E-state index contributed by atoms with van der Waals surface area (Å²) in [6.45, 7) is 7.03. The number of fused-ring (bicyclic) bond motifs is 1. The number of amides is 1. The molecule has 1 unspecified atom stereocenters. The minimum atomic E-state index is -1.22. The van der Waals surface area contributed by atoms with Crippen LogP contribution in [0.15, 0.2) is 42.5 Å². The maximum Gasteiger partial charge on any atom is 0.411 e. The van der Waals surface area contributed by atoms with Crippen molar-refractivity contribution in [2.24, 2.45) is 17.8 Å². The average molecular weight is 491 g/mol. The van der Waals surface area contributed by atoms with Crippen LogP contribution in [0.1, 0.15) is 56.7 Å². The van der Waals surface area contributed by atoms with Crippen molar-refractivity contribution >= 4 is 6.09 Å². The van der Waals surface area contributed by atoms with Gasteiger partial charge in [0.15, 0.2) is 17.0 Å². The molecule has 0 aromatic heterocycles. The highest BCUT2D eigenvalue weighted by atomic mass is 16.6. The lowest BCUT2D eigenvalue weighted by atomic mass is 9.75. The Kier molecular flexibility index (Phi) is 7.78. The predicted molar refractivity (Wildman–Crippen MR) is 139 cm³/mol. The van der Waals surface area contributed by atoms with E-state index >= 15 is 0 Å². The highest BCUT2D eigenvalue weighted by molar-refractivity contribution is 5.72. The van der Waals surface area contributed by atoms with Crippen molar-refractivity contribution < 1.29 is 19.0 Å². The fraction of sp³-hybridized carbons (Fsp3) is 0.533. The molecule has 0 N–H and O–H groups in total. The molecule has 1 fully saturated rings. The fourth-order valence-corrected chi connectivity index (χ4v) is 6.01. The van der Waals surface area contributed by atoms with Crippen LogP contribution in [-0.2, 0) is 23.1 Å². The molecule has 1 heterocycles. The first kappa shape index (κ1) is 25.9. The van der Waals surface area contributed by atoms with Gasteiger partial charge in [-0.15, -0.1) is 0 Å². The lowest BCUT2D eigenvalue weighted by Gasteiger charge is -2.45. The number of carbonyl (C=O) groups excluding carboxylic acids is 1. The third-order valence-corrected chi connectivity index (χ3v) is 8.04. The van der Waals surface area contributed by atoms with Gasteiger partial charge in [-0.3, -0.25) is 4.90 Å². The molecule has 0 radical (unpaired) electrons. The summed E-state index contributed by atoms with van der Waals surface area (Å²) in [5.41, 5.74) is 1.51. The van der Waals surface area contributed by atoms with Gasteiger partial charge in [0.1, 0.15) is 6.10 Å². The highest BCUT2D eigenvalue weighted by Gasteiger charge is 2.48. The number of benzene rings is 2. The summed E-state index contributed by atoms with van der Waals surface area (Å²) in [6.07, 6.45) is 3.51. The lowest BCUT2D eigenvalue weighted by molar-refractivity contribution is -0.0233. The van der Waals surface area contributed by atoms with Crippen molar-refractivity contribution in [2.45, 2.75) is 64.5 Å². The van der Waals surface area contributed by atoms with E-state index in [1.165, 1.54) is 0 Å². The quantitative estimate of drug-likeness (QED) is 0.488. The first-order chi connectivity index (χ1) is 17.3. The number of hydrogen-bond donors (Lipinski definition) is 0. The number of nitriles is 1. The van der Waals surface area contributed by atoms with E-state index in [1.807, 2.05) is 42.5 Å². The highest BCUT2D eigenvalue weighted by Crippen LogP contribution is 2.44. The van der Waals surface area contributed by atoms with Crippen molar-refractivity contribution in [3.05, 3.63) is 59.2 Å². The van der Waals surface area contributed by atoms with E-state index in [4.69, 9.17) is 14.2 Å². The van der Waals surface area contributed by atoms with Gasteiger partial charge in [-0.05, 0) is 65.8 Å². The Labute approximate surface area is 215 Å². The van der Waals surface area contributed by atoms with E-state index in [0.717, 1.165) is 36.0 Å². The minimum absolute atomic E-state index is 0.138. The summed E-state index contributed by atoms with van der Waals surface area (Å²) in [6, 6.07) is 16.2. The predicted octanol–water partition coefficient (Wildman–Crippen LogP) is 6.12. The van der Waals surface area contributed by atoms with Gasteiger partial charge in [-0.1, -0.05) is 57.5 Å². The largest absolute Gasteiger partial charge is 0.493 e. The van der Waals surface area contributed by atoms with Gasteiger partial charge in [-0.25, -0.2) is 4.79 Å². The summed E-state index contributed by atoms with van der Waals surface area (Å²) in [5.74, 6) is 2.44. The van der Waals surface area contributed by atoms with Crippen molar-refractivity contribution in [2.75, 3.05) is 20.8 Å². The summed E-state index contributed by atoms with van der Waals surface area (Å²) in [4.78, 5) is 15.5. The van der Waals surface area contributed by atoms with Gasteiger partial charge in [0, 0.05) is 13.0 Å². The molecule has 2 aliphatic rings. The minimum Gasteiger partial charge on any atom is -0.493 e. The van der Waals surface area contributed by atoms with Crippen molar-refractivity contribution in [3.63, 3.8) is 0 Å². The molecule has 6 nitrogen and oxygen atoms in total. The van der Waals surface area contributed by atoms with Crippen molar-refractivity contribution in [1.82, 2.24) is 4.90 Å². The molecule has 1 aliphatic heterocycles. The first-order valence-corrected chi connectivity index (χ1v) is 13.0. The molecule has 1 amide bonds. The molecular weight excluding hydrogens is 452 g/mol. The second-order valence-corrected chi connectivity index (χ2v) is 10.6. The zero-order valence-electron chi connectivity index (χ0n) is 22.1. The number of nitrogens with zero attached hydrogens (tertiary/aromatic N) is 2. The molecule has 6 heteroatoms. The second kappa shape index (κ2) is 10.8. The summed E-state index contributed by atoms with van der Waals surface area (Å²) >= 11 is 0. The van der Waals surface area contributed by atoms with E-state index in [2.05, 4.69) is 26.8 Å². The fourth-order valence-electron chi connectivity index (χ4n) is 6.01. The number of ether oxygens (including phenoxy) is 3. The molecule has 4 rings (SSSR count). The molecule has 4 atom stereocenters. The van der Waals surface area contributed by atoms with Crippen LogP contribution < -0.4 is 9.47 Å². The topological polar surface area (TPSA) is 71.8 Å². The Morgan fingerprint density at radius 3 is 2.47 bits per heavy atom. The lowest BCUT2D eigenvalue weighted by Crippen LogP contribution is -2.55. The molecule has 1 saturated carbocycles. The summed E-state index contributed by atoms with van der Waals surface area (Å²) < 4.78 is 17.4. The van der Waals surface area contributed by atoms with Gasteiger partial charge in [0.25, 0.3) is 0 Å². The van der Waals surface area contributed by atoms with Crippen LogP contribution in [0.25, 0.3) is 0 Å². The van der Waals surface area contributed by atoms with Crippen molar-refractivity contribution in [3.8, 4) is 17.6 Å². The third-order valence-electron chi connectivity index (χ3n) is 8.04. The van der Waals surface area contributed by atoms with Crippen LogP contribution in [0.3, 0.4) is 0 Å². The molecule has 2 aromatic rings. The van der Waals surface area contributed by atoms with Crippen LogP contribution in [0.4, 0.5) is 4.79 Å². The zero-order valence-corrected chi connectivity index (χ0v) is 22.1. The van der Waals surface area contributed by atoms with E-state index in [0.29, 0.717) is 48.6 Å².